The molecule has 3 rings (SSSR count). The fourth-order valence-corrected chi connectivity index (χ4v) is 4.83. The molecule has 1 saturated carbocycles. The minimum atomic E-state index is 0.417. The van der Waals surface area contributed by atoms with Gasteiger partial charge in [0.15, 0.2) is 0 Å². The van der Waals surface area contributed by atoms with E-state index in [1.807, 2.05) is 0 Å². The van der Waals surface area contributed by atoms with Gasteiger partial charge in [0.05, 0.1) is 0 Å². The zero-order valence-electron chi connectivity index (χ0n) is 16.9. The van der Waals surface area contributed by atoms with Gasteiger partial charge in [0.25, 0.3) is 0 Å². The Labute approximate surface area is 155 Å². The summed E-state index contributed by atoms with van der Waals surface area (Å²) in [5.74, 6) is 0.793. The molecule has 0 atom stereocenters. The highest BCUT2D eigenvalue weighted by molar-refractivity contribution is 5.23. The summed E-state index contributed by atoms with van der Waals surface area (Å²) in [5, 5.41) is 0. The third-order valence-electron chi connectivity index (χ3n) is 7.70. The number of allylic oxidation sites excluding steroid dienone is 1. The van der Waals surface area contributed by atoms with Crippen LogP contribution in [-0.2, 0) is 12.8 Å². The van der Waals surface area contributed by atoms with Crippen molar-refractivity contribution in [1.29, 1.82) is 0 Å². The third kappa shape index (κ3) is 3.66. The Morgan fingerprint density at radius 3 is 2.16 bits per heavy atom. The molecule has 1 spiro atoms. The first-order chi connectivity index (χ1) is 11.9. The highest BCUT2D eigenvalue weighted by Crippen LogP contribution is 2.56. The van der Waals surface area contributed by atoms with E-state index < -0.39 is 0 Å². The molecule has 2 aliphatic rings. The van der Waals surface area contributed by atoms with Crippen molar-refractivity contribution in [1.82, 2.24) is 4.90 Å². The maximum absolute atomic E-state index is 4.57. The maximum atomic E-state index is 4.57. The van der Waals surface area contributed by atoms with E-state index in [1.165, 1.54) is 55.5 Å². The number of rotatable bonds is 5. The fraction of sp³-hybridized carbons (Fsp3) is 0.667. The largest absolute Gasteiger partial charge is 0.374 e. The first kappa shape index (κ1) is 18.5. The van der Waals surface area contributed by atoms with Crippen molar-refractivity contribution in [3.05, 3.63) is 47.7 Å². The Kier molecular flexibility index (Phi) is 5.32. The smallest absolute Gasteiger partial charge is 0.0215 e. The Bertz CT molecular complexity index is 587. The maximum Gasteiger partial charge on any atom is 0.0215 e. The SMILES string of the molecule is C=C1N(CCc2ccc(CC)cc2)CC[C@]12CC[C@@](C)(C(C)C)CC2. The molecule has 0 radical (unpaired) electrons. The highest BCUT2D eigenvalue weighted by Gasteiger charge is 2.47. The number of hydrogen-bond acceptors (Lipinski definition) is 1. The van der Waals surface area contributed by atoms with Crippen LogP contribution in [0.1, 0.15) is 70.9 Å². The van der Waals surface area contributed by atoms with Crippen LogP contribution in [0.15, 0.2) is 36.5 Å². The molecule has 0 unspecified atom stereocenters. The van der Waals surface area contributed by atoms with Gasteiger partial charge in [-0.2, -0.15) is 0 Å². The van der Waals surface area contributed by atoms with E-state index in [4.69, 9.17) is 0 Å². The van der Waals surface area contributed by atoms with E-state index in [-0.39, 0.29) is 0 Å². The number of aryl methyl sites for hydroxylation is 1. The van der Waals surface area contributed by atoms with Crippen LogP contribution in [0.5, 0.6) is 0 Å². The van der Waals surface area contributed by atoms with Crippen LogP contribution >= 0.6 is 0 Å². The molecular formula is C24H37N. The van der Waals surface area contributed by atoms with Crippen LogP contribution < -0.4 is 0 Å². The summed E-state index contributed by atoms with van der Waals surface area (Å²) >= 11 is 0. The van der Waals surface area contributed by atoms with E-state index in [9.17, 15) is 0 Å². The van der Waals surface area contributed by atoms with Crippen molar-refractivity contribution in [3.63, 3.8) is 0 Å². The lowest BCUT2D eigenvalue weighted by atomic mass is 9.59. The predicted molar refractivity (Wildman–Crippen MR) is 109 cm³/mol. The fourth-order valence-electron chi connectivity index (χ4n) is 4.83. The zero-order valence-corrected chi connectivity index (χ0v) is 16.9. The van der Waals surface area contributed by atoms with Gasteiger partial charge in [-0.05, 0) is 67.4 Å². The van der Waals surface area contributed by atoms with Gasteiger partial charge in [0, 0.05) is 24.2 Å². The zero-order chi connectivity index (χ0) is 18.1. The number of nitrogens with zero attached hydrogens (tertiary/aromatic N) is 1. The van der Waals surface area contributed by atoms with Crippen molar-refractivity contribution in [3.8, 4) is 0 Å². The van der Waals surface area contributed by atoms with Gasteiger partial charge >= 0.3 is 0 Å². The monoisotopic (exact) mass is 339 g/mol. The lowest BCUT2D eigenvalue weighted by Gasteiger charge is -2.46. The number of hydrogen-bond donors (Lipinski definition) is 0. The average molecular weight is 340 g/mol. The molecule has 0 N–H and O–H groups in total. The lowest BCUT2D eigenvalue weighted by Crippen LogP contribution is -2.36. The Morgan fingerprint density at radius 2 is 1.60 bits per heavy atom. The van der Waals surface area contributed by atoms with Gasteiger partial charge in [0.2, 0.25) is 0 Å². The van der Waals surface area contributed by atoms with Gasteiger partial charge in [-0.25, -0.2) is 0 Å². The van der Waals surface area contributed by atoms with Crippen LogP contribution in [0.4, 0.5) is 0 Å². The second-order valence-corrected chi connectivity index (χ2v) is 9.19. The summed E-state index contributed by atoms with van der Waals surface area (Å²) in [5.41, 5.74) is 5.30. The van der Waals surface area contributed by atoms with E-state index in [1.54, 1.807) is 0 Å². The van der Waals surface area contributed by atoms with Crippen LogP contribution in [0.2, 0.25) is 0 Å². The second kappa shape index (κ2) is 7.17. The minimum absolute atomic E-state index is 0.417. The van der Waals surface area contributed by atoms with E-state index >= 15 is 0 Å². The van der Waals surface area contributed by atoms with Gasteiger partial charge in [0.1, 0.15) is 0 Å². The van der Waals surface area contributed by atoms with Crippen LogP contribution in [0.3, 0.4) is 0 Å². The van der Waals surface area contributed by atoms with Crippen LogP contribution in [-0.4, -0.2) is 18.0 Å². The summed E-state index contributed by atoms with van der Waals surface area (Å²) < 4.78 is 0. The summed E-state index contributed by atoms with van der Waals surface area (Å²) in [6.45, 7) is 16.4. The molecule has 1 heteroatoms. The molecule has 1 aromatic carbocycles. The lowest BCUT2D eigenvalue weighted by molar-refractivity contribution is 0.0760. The quantitative estimate of drug-likeness (QED) is 0.614. The molecule has 1 aliphatic carbocycles. The van der Waals surface area contributed by atoms with Gasteiger partial charge in [-0.15, -0.1) is 0 Å². The molecule has 0 amide bonds. The van der Waals surface area contributed by atoms with Crippen molar-refractivity contribution < 1.29 is 0 Å². The molecular weight excluding hydrogens is 302 g/mol. The van der Waals surface area contributed by atoms with Crippen molar-refractivity contribution in [2.45, 2.75) is 72.6 Å². The van der Waals surface area contributed by atoms with Gasteiger partial charge in [-0.3, -0.25) is 0 Å². The standard InChI is InChI=1S/C24H37N/c1-6-21-7-9-22(10-8-21)11-17-25-18-16-24(20(25)4)14-12-23(5,13-15-24)19(2)3/h7-10,19H,4,6,11-18H2,1-3,5H3/t23-,24-. The van der Waals surface area contributed by atoms with Crippen molar-refractivity contribution >= 4 is 0 Å². The minimum Gasteiger partial charge on any atom is -0.374 e. The van der Waals surface area contributed by atoms with E-state index in [2.05, 4.69) is 63.4 Å². The Hall–Kier alpha value is -1.24. The first-order valence-electron chi connectivity index (χ1n) is 10.4. The second-order valence-electron chi connectivity index (χ2n) is 9.19. The van der Waals surface area contributed by atoms with Crippen molar-refractivity contribution in [2.24, 2.45) is 16.7 Å². The van der Waals surface area contributed by atoms with E-state index in [0.29, 0.717) is 10.8 Å². The summed E-state index contributed by atoms with van der Waals surface area (Å²) in [4.78, 5) is 2.59. The molecule has 1 nitrogen and oxygen atoms in total. The molecule has 2 fully saturated rings. The molecule has 1 saturated heterocycles. The average Bonchev–Trinajstić information content (AvgIpc) is 2.92. The number of benzene rings is 1. The molecule has 1 aliphatic heterocycles. The van der Waals surface area contributed by atoms with Crippen LogP contribution in [0.25, 0.3) is 0 Å². The molecule has 1 heterocycles. The molecule has 138 valence electrons. The summed E-state index contributed by atoms with van der Waals surface area (Å²) in [6, 6.07) is 9.18. The third-order valence-corrected chi connectivity index (χ3v) is 7.70. The van der Waals surface area contributed by atoms with Gasteiger partial charge < -0.3 is 4.90 Å². The Balaban J connectivity index is 1.57. The van der Waals surface area contributed by atoms with E-state index in [0.717, 1.165) is 25.3 Å². The number of likely N-dealkylation sites (tertiary alicyclic amines) is 1. The molecule has 25 heavy (non-hydrogen) atoms. The molecule has 0 bridgehead atoms. The topological polar surface area (TPSA) is 3.24 Å². The molecule has 1 aromatic rings. The first-order valence-corrected chi connectivity index (χ1v) is 10.4. The predicted octanol–water partition coefficient (Wildman–Crippen LogP) is 6.23. The van der Waals surface area contributed by atoms with Crippen molar-refractivity contribution in [2.75, 3.05) is 13.1 Å². The summed E-state index contributed by atoms with van der Waals surface area (Å²) in [6.07, 6.45) is 9.04. The van der Waals surface area contributed by atoms with Gasteiger partial charge in [-0.1, -0.05) is 58.5 Å². The molecule has 0 aromatic heterocycles. The normalized spacial score (nSPS) is 29.8. The Morgan fingerprint density at radius 1 is 1.00 bits per heavy atom. The summed E-state index contributed by atoms with van der Waals surface area (Å²) in [7, 11) is 0. The highest BCUT2D eigenvalue weighted by atomic mass is 15.2. The van der Waals surface area contributed by atoms with Crippen LogP contribution in [0, 0.1) is 16.7 Å².